The summed E-state index contributed by atoms with van der Waals surface area (Å²) in [6.45, 7) is 0. The summed E-state index contributed by atoms with van der Waals surface area (Å²) in [7, 11) is 1.87. The first-order chi connectivity index (χ1) is 12.0. The van der Waals surface area contributed by atoms with Crippen LogP contribution in [0.2, 0.25) is 0 Å². The number of nitrogens with zero attached hydrogens (tertiary/aromatic N) is 2. The van der Waals surface area contributed by atoms with Crippen LogP contribution < -0.4 is 5.32 Å². The van der Waals surface area contributed by atoms with Crippen LogP contribution in [0.3, 0.4) is 0 Å². The van der Waals surface area contributed by atoms with Gasteiger partial charge in [0.2, 0.25) is 0 Å². The lowest BCUT2D eigenvalue weighted by Gasteiger charge is -2.08. The van der Waals surface area contributed by atoms with E-state index in [4.69, 9.17) is 5.11 Å². The van der Waals surface area contributed by atoms with Gasteiger partial charge in [0, 0.05) is 30.2 Å². The molecule has 1 aromatic carbocycles. The van der Waals surface area contributed by atoms with Gasteiger partial charge in [0.25, 0.3) is 5.91 Å². The summed E-state index contributed by atoms with van der Waals surface area (Å²) in [5.41, 5.74) is 3.46. The molecule has 1 fully saturated rings. The predicted octanol–water partition coefficient (Wildman–Crippen LogP) is 3.26. The lowest BCUT2D eigenvalue weighted by atomic mass is 10.1. The zero-order chi connectivity index (χ0) is 17.8. The van der Waals surface area contributed by atoms with Crippen molar-refractivity contribution in [2.24, 2.45) is 7.05 Å². The monoisotopic (exact) mass is 359 g/mol. The number of anilines is 1. The normalized spacial score (nSPS) is 13.6. The van der Waals surface area contributed by atoms with Crippen molar-refractivity contribution in [3.63, 3.8) is 0 Å². The van der Waals surface area contributed by atoms with Crippen molar-refractivity contribution in [1.82, 2.24) is 9.78 Å². The first-order valence-corrected chi connectivity index (χ1v) is 9.42. The van der Waals surface area contributed by atoms with Crippen LogP contribution in [0, 0.1) is 0 Å². The Bertz CT molecular complexity index is 784. The molecule has 2 aromatic rings. The van der Waals surface area contributed by atoms with Gasteiger partial charge in [-0.2, -0.15) is 16.9 Å². The van der Waals surface area contributed by atoms with Crippen LogP contribution in [-0.4, -0.2) is 32.5 Å². The minimum absolute atomic E-state index is 0.134. The molecule has 25 heavy (non-hydrogen) atoms. The number of amides is 1. The van der Waals surface area contributed by atoms with Crippen molar-refractivity contribution in [3.05, 3.63) is 47.3 Å². The summed E-state index contributed by atoms with van der Waals surface area (Å²) in [6, 6.07) is 7.66. The molecule has 0 aliphatic heterocycles. The third-order valence-electron chi connectivity index (χ3n) is 4.11. The van der Waals surface area contributed by atoms with E-state index in [0.717, 1.165) is 35.5 Å². The average Bonchev–Trinajstić information content (AvgIpc) is 3.33. The largest absolute Gasteiger partial charge is 0.481 e. The molecule has 1 aliphatic rings. The summed E-state index contributed by atoms with van der Waals surface area (Å²) in [5, 5.41) is 15.8. The van der Waals surface area contributed by atoms with Crippen molar-refractivity contribution >= 4 is 29.3 Å². The Hall–Kier alpha value is -2.28. The fraction of sp³-hybridized carbons (Fsp3) is 0.389. The van der Waals surface area contributed by atoms with Crippen LogP contribution in [0.15, 0.2) is 30.5 Å². The van der Waals surface area contributed by atoms with Crippen molar-refractivity contribution in [2.75, 3.05) is 11.1 Å². The van der Waals surface area contributed by atoms with Crippen LogP contribution in [0.25, 0.3) is 0 Å². The van der Waals surface area contributed by atoms with E-state index in [1.807, 2.05) is 31.3 Å². The molecule has 3 rings (SSSR count). The number of thioether (sulfide) groups is 1. The van der Waals surface area contributed by atoms with Gasteiger partial charge in [-0.3, -0.25) is 14.3 Å². The fourth-order valence-electron chi connectivity index (χ4n) is 2.75. The quantitative estimate of drug-likeness (QED) is 0.707. The SMILES string of the molecule is Cn1ncc(C(=O)Nc2cccc(CSCCC(=O)O)c2)c1C1CC1. The van der Waals surface area contributed by atoms with E-state index in [2.05, 4.69) is 10.4 Å². The maximum Gasteiger partial charge on any atom is 0.304 e. The number of carbonyl (C=O) groups is 2. The number of aryl methyl sites for hydroxylation is 1. The third-order valence-corrected chi connectivity index (χ3v) is 5.14. The number of hydrogen-bond acceptors (Lipinski definition) is 4. The number of carbonyl (C=O) groups excluding carboxylic acids is 1. The van der Waals surface area contributed by atoms with Gasteiger partial charge in [0.05, 0.1) is 23.9 Å². The Morgan fingerprint density at radius 3 is 2.92 bits per heavy atom. The molecule has 0 saturated heterocycles. The zero-order valence-electron chi connectivity index (χ0n) is 14.1. The number of carboxylic acid groups (broad SMARTS) is 1. The minimum Gasteiger partial charge on any atom is -0.481 e. The van der Waals surface area contributed by atoms with E-state index in [0.29, 0.717) is 17.2 Å². The number of hydrogen-bond donors (Lipinski definition) is 2. The smallest absolute Gasteiger partial charge is 0.304 e. The molecular formula is C18H21N3O3S. The second kappa shape index (κ2) is 7.74. The number of aliphatic carboxylic acids is 1. The summed E-state index contributed by atoms with van der Waals surface area (Å²) < 4.78 is 1.79. The van der Waals surface area contributed by atoms with E-state index >= 15 is 0 Å². The molecule has 0 unspecified atom stereocenters. The van der Waals surface area contributed by atoms with Crippen LogP contribution in [0.4, 0.5) is 5.69 Å². The maximum atomic E-state index is 12.6. The average molecular weight is 359 g/mol. The number of nitrogens with one attached hydrogen (secondary N) is 1. The Balaban J connectivity index is 1.62. The van der Waals surface area contributed by atoms with Gasteiger partial charge < -0.3 is 10.4 Å². The van der Waals surface area contributed by atoms with Crippen LogP contribution >= 0.6 is 11.8 Å². The van der Waals surface area contributed by atoms with E-state index in [1.54, 1.807) is 22.6 Å². The first kappa shape index (κ1) is 17.5. The molecule has 0 atom stereocenters. The zero-order valence-corrected chi connectivity index (χ0v) is 14.9. The number of rotatable bonds is 8. The second-order valence-corrected chi connectivity index (χ2v) is 7.30. The van der Waals surface area contributed by atoms with Crippen molar-refractivity contribution in [2.45, 2.75) is 30.9 Å². The Kier molecular flexibility index (Phi) is 5.43. The van der Waals surface area contributed by atoms with Gasteiger partial charge in [-0.1, -0.05) is 12.1 Å². The molecule has 7 heteroatoms. The van der Waals surface area contributed by atoms with E-state index in [1.165, 1.54) is 0 Å². The summed E-state index contributed by atoms with van der Waals surface area (Å²) in [4.78, 5) is 23.1. The number of benzene rings is 1. The Morgan fingerprint density at radius 2 is 2.20 bits per heavy atom. The molecule has 1 saturated carbocycles. The number of carboxylic acids is 1. The molecule has 6 nitrogen and oxygen atoms in total. The van der Waals surface area contributed by atoms with E-state index in [9.17, 15) is 9.59 Å². The van der Waals surface area contributed by atoms with Gasteiger partial charge in [-0.25, -0.2) is 0 Å². The first-order valence-electron chi connectivity index (χ1n) is 8.26. The molecule has 0 bridgehead atoms. The van der Waals surface area contributed by atoms with Gasteiger partial charge in [0.15, 0.2) is 0 Å². The maximum absolute atomic E-state index is 12.6. The summed E-state index contributed by atoms with van der Waals surface area (Å²) in [5.74, 6) is 0.830. The minimum atomic E-state index is -0.781. The predicted molar refractivity (Wildman–Crippen MR) is 98.0 cm³/mol. The fourth-order valence-corrected chi connectivity index (χ4v) is 3.63. The van der Waals surface area contributed by atoms with Crippen molar-refractivity contribution in [1.29, 1.82) is 0 Å². The molecule has 1 amide bonds. The molecule has 2 N–H and O–H groups in total. The van der Waals surface area contributed by atoms with Crippen molar-refractivity contribution < 1.29 is 14.7 Å². The molecule has 132 valence electrons. The van der Waals surface area contributed by atoms with Crippen LogP contribution in [-0.2, 0) is 17.6 Å². The molecular weight excluding hydrogens is 338 g/mol. The topological polar surface area (TPSA) is 84.2 Å². The van der Waals surface area contributed by atoms with Gasteiger partial charge in [-0.15, -0.1) is 0 Å². The highest BCUT2D eigenvalue weighted by molar-refractivity contribution is 7.98. The highest BCUT2D eigenvalue weighted by Gasteiger charge is 2.31. The number of aromatic nitrogens is 2. The van der Waals surface area contributed by atoms with E-state index in [-0.39, 0.29) is 12.3 Å². The second-order valence-electron chi connectivity index (χ2n) is 6.19. The van der Waals surface area contributed by atoms with Crippen LogP contribution in [0.5, 0.6) is 0 Å². The highest BCUT2D eigenvalue weighted by Crippen LogP contribution is 2.41. The van der Waals surface area contributed by atoms with E-state index < -0.39 is 5.97 Å². The lowest BCUT2D eigenvalue weighted by molar-refractivity contribution is -0.136. The molecule has 0 radical (unpaired) electrons. The Morgan fingerprint density at radius 1 is 1.40 bits per heavy atom. The molecule has 1 aliphatic carbocycles. The van der Waals surface area contributed by atoms with Crippen LogP contribution in [0.1, 0.15) is 46.8 Å². The molecule has 1 heterocycles. The molecule has 1 aromatic heterocycles. The molecule has 0 spiro atoms. The summed E-state index contributed by atoms with van der Waals surface area (Å²) in [6.07, 6.45) is 4.02. The lowest BCUT2D eigenvalue weighted by Crippen LogP contribution is -2.14. The highest BCUT2D eigenvalue weighted by atomic mass is 32.2. The third kappa shape index (κ3) is 4.63. The summed E-state index contributed by atoms with van der Waals surface area (Å²) >= 11 is 1.57. The Labute approximate surface area is 150 Å². The van der Waals surface area contributed by atoms with Gasteiger partial charge in [-0.05, 0) is 30.5 Å². The van der Waals surface area contributed by atoms with Gasteiger partial charge in [0.1, 0.15) is 0 Å². The van der Waals surface area contributed by atoms with Crippen molar-refractivity contribution in [3.8, 4) is 0 Å². The van der Waals surface area contributed by atoms with Gasteiger partial charge >= 0.3 is 5.97 Å². The standard InChI is InChI=1S/C18H21N3O3S/c1-21-17(13-5-6-13)15(10-19-21)18(24)20-14-4-2-3-12(9-14)11-25-8-7-16(22)23/h2-4,9-10,13H,5-8,11H2,1H3,(H,20,24)(H,22,23).